The van der Waals surface area contributed by atoms with Crippen molar-refractivity contribution in [3.8, 4) is 5.75 Å². The second kappa shape index (κ2) is 8.52. The van der Waals surface area contributed by atoms with Gasteiger partial charge in [-0.3, -0.25) is 9.59 Å². The predicted octanol–water partition coefficient (Wildman–Crippen LogP) is 5.37. The molecule has 0 unspecified atom stereocenters. The number of nitrogens with one attached hydrogen (secondary N) is 1. The highest BCUT2D eigenvalue weighted by Gasteiger charge is 2.08. The van der Waals surface area contributed by atoms with Gasteiger partial charge >= 0.3 is 0 Å². The van der Waals surface area contributed by atoms with Gasteiger partial charge in [-0.25, -0.2) is 0 Å². The van der Waals surface area contributed by atoms with Gasteiger partial charge in [-0.15, -0.1) is 0 Å². The van der Waals surface area contributed by atoms with Gasteiger partial charge in [-0.1, -0.05) is 41.9 Å². The van der Waals surface area contributed by atoms with Crippen molar-refractivity contribution in [3.63, 3.8) is 0 Å². The molecule has 0 fully saturated rings. The summed E-state index contributed by atoms with van der Waals surface area (Å²) in [7, 11) is 0. The van der Waals surface area contributed by atoms with Gasteiger partial charge < -0.3 is 10.1 Å². The molecule has 0 spiro atoms. The van der Waals surface area contributed by atoms with Crippen LogP contribution in [0.15, 0.2) is 72.8 Å². The van der Waals surface area contributed by atoms with Gasteiger partial charge in [0.05, 0.1) is 0 Å². The first-order valence-corrected chi connectivity index (χ1v) is 8.79. The second-order valence-corrected chi connectivity index (χ2v) is 6.40. The SMILES string of the molecule is CC(=O)c1cccc(NC(=O)c2ccc(OCc3ccccc3Cl)cc2)c1. The van der Waals surface area contributed by atoms with Crippen molar-refractivity contribution in [3.05, 3.63) is 94.5 Å². The van der Waals surface area contributed by atoms with E-state index in [0.717, 1.165) is 5.56 Å². The van der Waals surface area contributed by atoms with E-state index in [1.807, 2.05) is 24.3 Å². The maximum Gasteiger partial charge on any atom is 0.255 e. The number of hydrogen-bond acceptors (Lipinski definition) is 3. The van der Waals surface area contributed by atoms with E-state index < -0.39 is 0 Å². The Morgan fingerprint density at radius 1 is 0.926 bits per heavy atom. The third kappa shape index (κ3) is 4.96. The van der Waals surface area contributed by atoms with Gasteiger partial charge in [-0.05, 0) is 49.4 Å². The number of anilines is 1. The lowest BCUT2D eigenvalue weighted by molar-refractivity contribution is 0.101. The molecule has 0 heterocycles. The molecule has 1 amide bonds. The van der Waals surface area contributed by atoms with E-state index in [0.29, 0.717) is 34.2 Å². The molecule has 0 aliphatic carbocycles. The Morgan fingerprint density at radius 2 is 1.67 bits per heavy atom. The smallest absolute Gasteiger partial charge is 0.255 e. The minimum atomic E-state index is -0.256. The summed E-state index contributed by atoms with van der Waals surface area (Å²) in [6.45, 7) is 1.84. The van der Waals surface area contributed by atoms with E-state index in [-0.39, 0.29) is 11.7 Å². The van der Waals surface area contributed by atoms with Crippen molar-refractivity contribution in [1.82, 2.24) is 0 Å². The zero-order valence-electron chi connectivity index (χ0n) is 14.7. The summed E-state index contributed by atoms with van der Waals surface area (Å²) in [6, 6.07) is 21.2. The fraction of sp³-hybridized carbons (Fsp3) is 0.0909. The average molecular weight is 380 g/mol. The van der Waals surface area contributed by atoms with Crippen LogP contribution in [0.25, 0.3) is 0 Å². The number of amides is 1. The molecule has 3 aromatic rings. The number of carbonyl (C=O) groups excluding carboxylic acids is 2. The summed E-state index contributed by atoms with van der Waals surface area (Å²) in [6.07, 6.45) is 0. The molecule has 0 bridgehead atoms. The summed E-state index contributed by atoms with van der Waals surface area (Å²) in [5, 5.41) is 3.44. The van der Waals surface area contributed by atoms with E-state index in [1.54, 1.807) is 48.5 Å². The Hall–Kier alpha value is -3.11. The van der Waals surface area contributed by atoms with E-state index >= 15 is 0 Å². The van der Waals surface area contributed by atoms with Crippen molar-refractivity contribution in [2.45, 2.75) is 13.5 Å². The lowest BCUT2D eigenvalue weighted by atomic mass is 10.1. The number of carbonyl (C=O) groups is 2. The molecule has 3 rings (SSSR count). The van der Waals surface area contributed by atoms with E-state index in [4.69, 9.17) is 16.3 Å². The molecular weight excluding hydrogens is 362 g/mol. The van der Waals surface area contributed by atoms with Gasteiger partial charge in [0.1, 0.15) is 12.4 Å². The standard InChI is InChI=1S/C22H18ClNO3/c1-15(25)17-6-4-7-19(13-17)24-22(26)16-9-11-20(12-10-16)27-14-18-5-2-3-8-21(18)23/h2-13H,14H2,1H3,(H,24,26). The van der Waals surface area contributed by atoms with Gasteiger partial charge in [0, 0.05) is 27.4 Å². The minimum absolute atomic E-state index is 0.0499. The first kappa shape index (κ1) is 18.7. The minimum Gasteiger partial charge on any atom is -0.489 e. The van der Waals surface area contributed by atoms with Crippen LogP contribution in [0.2, 0.25) is 5.02 Å². The number of ketones is 1. The maximum atomic E-state index is 12.4. The average Bonchev–Trinajstić information content (AvgIpc) is 2.68. The molecule has 1 N–H and O–H groups in total. The Kier molecular flexibility index (Phi) is 5.89. The van der Waals surface area contributed by atoms with Crippen molar-refractivity contribution < 1.29 is 14.3 Å². The highest BCUT2D eigenvalue weighted by Crippen LogP contribution is 2.19. The summed E-state index contributed by atoms with van der Waals surface area (Å²) < 4.78 is 5.71. The van der Waals surface area contributed by atoms with Gasteiger partial charge in [0.25, 0.3) is 5.91 Å². The monoisotopic (exact) mass is 379 g/mol. The van der Waals surface area contributed by atoms with Crippen molar-refractivity contribution in [2.75, 3.05) is 5.32 Å². The second-order valence-electron chi connectivity index (χ2n) is 6.00. The Labute approximate surface area is 162 Å². The number of Topliss-reactive ketones (excluding diaryl/α,β-unsaturated/α-hetero) is 1. The van der Waals surface area contributed by atoms with Crippen LogP contribution in [-0.4, -0.2) is 11.7 Å². The summed E-state index contributed by atoms with van der Waals surface area (Å²) in [4.78, 5) is 23.8. The number of rotatable bonds is 6. The van der Waals surface area contributed by atoms with Crippen molar-refractivity contribution in [1.29, 1.82) is 0 Å². The number of ether oxygens (including phenoxy) is 1. The molecule has 0 aliphatic rings. The molecule has 4 nitrogen and oxygen atoms in total. The molecule has 3 aromatic carbocycles. The molecule has 0 aromatic heterocycles. The van der Waals surface area contributed by atoms with E-state index in [9.17, 15) is 9.59 Å². The Balaban J connectivity index is 1.63. The summed E-state index contributed by atoms with van der Waals surface area (Å²) in [5.41, 5.74) is 2.52. The maximum absolute atomic E-state index is 12.4. The third-order valence-corrected chi connectivity index (χ3v) is 4.36. The fourth-order valence-corrected chi connectivity index (χ4v) is 2.69. The van der Waals surface area contributed by atoms with Crippen LogP contribution >= 0.6 is 11.6 Å². The first-order chi connectivity index (χ1) is 13.0. The topological polar surface area (TPSA) is 55.4 Å². The molecule has 0 saturated heterocycles. The molecular formula is C22H18ClNO3. The molecule has 5 heteroatoms. The number of halogens is 1. The largest absolute Gasteiger partial charge is 0.489 e. The van der Waals surface area contributed by atoms with Gasteiger partial charge in [0.2, 0.25) is 0 Å². The van der Waals surface area contributed by atoms with Crippen LogP contribution in [0.4, 0.5) is 5.69 Å². The van der Waals surface area contributed by atoms with Gasteiger partial charge in [-0.2, -0.15) is 0 Å². The van der Waals surface area contributed by atoms with E-state index in [2.05, 4.69) is 5.32 Å². The lowest BCUT2D eigenvalue weighted by Gasteiger charge is -2.09. The highest BCUT2D eigenvalue weighted by molar-refractivity contribution is 6.31. The van der Waals surface area contributed by atoms with Crippen molar-refractivity contribution in [2.24, 2.45) is 0 Å². The first-order valence-electron chi connectivity index (χ1n) is 8.41. The normalized spacial score (nSPS) is 10.3. The molecule has 0 radical (unpaired) electrons. The third-order valence-electron chi connectivity index (χ3n) is 4.00. The molecule has 27 heavy (non-hydrogen) atoms. The zero-order chi connectivity index (χ0) is 19.2. The zero-order valence-corrected chi connectivity index (χ0v) is 15.5. The summed E-state index contributed by atoms with van der Waals surface area (Å²) >= 11 is 6.11. The highest BCUT2D eigenvalue weighted by atomic mass is 35.5. The molecule has 0 aliphatic heterocycles. The van der Waals surface area contributed by atoms with Crippen LogP contribution in [0.1, 0.15) is 33.2 Å². The van der Waals surface area contributed by atoms with Crippen molar-refractivity contribution >= 4 is 29.0 Å². The molecule has 0 saturated carbocycles. The Bertz CT molecular complexity index is 967. The van der Waals surface area contributed by atoms with Crippen LogP contribution in [0, 0.1) is 0 Å². The Morgan fingerprint density at radius 3 is 2.37 bits per heavy atom. The number of hydrogen-bond donors (Lipinski definition) is 1. The molecule has 0 atom stereocenters. The summed E-state index contributed by atoms with van der Waals surface area (Å²) in [5.74, 6) is 0.338. The lowest BCUT2D eigenvalue weighted by Crippen LogP contribution is -2.12. The quantitative estimate of drug-likeness (QED) is 0.585. The van der Waals surface area contributed by atoms with Crippen LogP contribution in [-0.2, 0) is 6.61 Å². The van der Waals surface area contributed by atoms with Crippen LogP contribution in [0.5, 0.6) is 5.75 Å². The fourth-order valence-electron chi connectivity index (χ4n) is 2.50. The molecule has 136 valence electrons. The van der Waals surface area contributed by atoms with Crippen LogP contribution < -0.4 is 10.1 Å². The number of benzene rings is 3. The van der Waals surface area contributed by atoms with E-state index in [1.165, 1.54) is 6.92 Å². The predicted molar refractivity (Wildman–Crippen MR) is 107 cm³/mol. The van der Waals surface area contributed by atoms with Crippen LogP contribution in [0.3, 0.4) is 0 Å². The van der Waals surface area contributed by atoms with Gasteiger partial charge in [0.15, 0.2) is 5.78 Å².